The van der Waals surface area contributed by atoms with Crippen LogP contribution in [0.15, 0.2) is 33.8 Å². The SMILES string of the molecule is C=C(CS)Cn1cc(Br)c(=O)c([N+](=O)[O-])c1. The van der Waals surface area contributed by atoms with E-state index in [1.165, 1.54) is 17.0 Å². The van der Waals surface area contributed by atoms with Crippen molar-refractivity contribution in [3.63, 3.8) is 0 Å². The maximum Gasteiger partial charge on any atom is 0.333 e. The van der Waals surface area contributed by atoms with Crippen LogP contribution in [0.3, 0.4) is 0 Å². The molecule has 7 heteroatoms. The lowest BCUT2D eigenvalue weighted by molar-refractivity contribution is -0.386. The number of rotatable bonds is 4. The van der Waals surface area contributed by atoms with Crippen molar-refractivity contribution in [1.29, 1.82) is 0 Å². The summed E-state index contributed by atoms with van der Waals surface area (Å²) >= 11 is 7.03. The number of hydrogen-bond donors (Lipinski definition) is 1. The standard InChI is InChI=1S/C9H9BrN2O3S/c1-6(5-16)2-11-3-7(10)9(13)8(4-11)12(14)15/h3-4,16H,1-2,5H2. The van der Waals surface area contributed by atoms with Crippen LogP contribution in [0.2, 0.25) is 0 Å². The number of thiol groups is 1. The number of hydrogen-bond acceptors (Lipinski definition) is 4. The normalized spacial score (nSPS) is 10.1. The Morgan fingerprint density at radius 3 is 2.75 bits per heavy atom. The van der Waals surface area contributed by atoms with Crippen molar-refractivity contribution in [2.24, 2.45) is 0 Å². The van der Waals surface area contributed by atoms with Gasteiger partial charge in [-0.05, 0) is 21.5 Å². The van der Waals surface area contributed by atoms with Crippen molar-refractivity contribution in [2.45, 2.75) is 6.54 Å². The summed E-state index contributed by atoms with van der Waals surface area (Å²) in [6.45, 7) is 4.13. The molecule has 0 aromatic carbocycles. The van der Waals surface area contributed by atoms with E-state index in [4.69, 9.17) is 0 Å². The van der Waals surface area contributed by atoms with Crippen molar-refractivity contribution in [3.05, 3.63) is 49.4 Å². The van der Waals surface area contributed by atoms with Crippen LogP contribution in [-0.4, -0.2) is 15.2 Å². The Balaban J connectivity index is 3.19. The molecular formula is C9H9BrN2O3S. The second-order valence-corrected chi connectivity index (χ2v) is 4.33. The lowest BCUT2D eigenvalue weighted by Gasteiger charge is -2.07. The predicted octanol–water partition coefficient (Wildman–Crippen LogP) is 2.00. The van der Waals surface area contributed by atoms with Gasteiger partial charge in [-0.25, -0.2) is 0 Å². The lowest BCUT2D eigenvalue weighted by atomic mass is 10.3. The molecule has 0 aliphatic carbocycles. The van der Waals surface area contributed by atoms with Gasteiger partial charge < -0.3 is 4.57 Å². The van der Waals surface area contributed by atoms with Gasteiger partial charge in [-0.3, -0.25) is 14.9 Å². The minimum Gasteiger partial charge on any atom is -0.343 e. The third kappa shape index (κ3) is 2.96. The summed E-state index contributed by atoms with van der Waals surface area (Å²) in [6, 6.07) is 0. The van der Waals surface area contributed by atoms with Crippen LogP contribution in [0.25, 0.3) is 0 Å². The van der Waals surface area contributed by atoms with Gasteiger partial charge in [-0.2, -0.15) is 12.6 Å². The Bertz CT molecular complexity index is 498. The average Bonchev–Trinajstić information content (AvgIpc) is 2.22. The summed E-state index contributed by atoms with van der Waals surface area (Å²) in [6.07, 6.45) is 2.69. The van der Waals surface area contributed by atoms with Crippen LogP contribution < -0.4 is 5.43 Å². The van der Waals surface area contributed by atoms with E-state index in [0.717, 1.165) is 5.57 Å². The Morgan fingerprint density at radius 2 is 2.25 bits per heavy atom. The highest BCUT2D eigenvalue weighted by Crippen LogP contribution is 2.12. The molecule has 0 aliphatic heterocycles. The van der Waals surface area contributed by atoms with Crippen LogP contribution in [0.5, 0.6) is 0 Å². The number of nitrogens with zero attached hydrogens (tertiary/aromatic N) is 2. The monoisotopic (exact) mass is 304 g/mol. The van der Waals surface area contributed by atoms with Crippen LogP contribution in [0.1, 0.15) is 0 Å². The van der Waals surface area contributed by atoms with E-state index in [1.807, 2.05) is 0 Å². The largest absolute Gasteiger partial charge is 0.343 e. The first kappa shape index (κ1) is 13.0. The molecule has 0 N–H and O–H groups in total. The zero-order valence-electron chi connectivity index (χ0n) is 8.22. The fourth-order valence-corrected chi connectivity index (χ4v) is 1.68. The van der Waals surface area contributed by atoms with Gasteiger partial charge in [0.1, 0.15) is 0 Å². The van der Waals surface area contributed by atoms with Crippen molar-refractivity contribution in [1.82, 2.24) is 4.57 Å². The Labute approximate surface area is 105 Å². The number of nitro groups is 1. The minimum absolute atomic E-state index is 0.161. The maximum atomic E-state index is 11.4. The highest BCUT2D eigenvalue weighted by Gasteiger charge is 2.15. The van der Waals surface area contributed by atoms with Crippen molar-refractivity contribution >= 4 is 34.2 Å². The molecule has 0 bridgehead atoms. The Hall–Kier alpha value is -1.08. The quantitative estimate of drug-likeness (QED) is 0.400. The highest BCUT2D eigenvalue weighted by atomic mass is 79.9. The summed E-state index contributed by atoms with van der Waals surface area (Å²) in [5.41, 5.74) is -0.285. The van der Waals surface area contributed by atoms with E-state index >= 15 is 0 Å². The van der Waals surface area contributed by atoms with Gasteiger partial charge in [0.25, 0.3) is 5.43 Å². The zero-order chi connectivity index (χ0) is 12.3. The van der Waals surface area contributed by atoms with Gasteiger partial charge >= 0.3 is 5.69 Å². The van der Waals surface area contributed by atoms with E-state index in [2.05, 4.69) is 35.1 Å². The second kappa shape index (κ2) is 5.31. The van der Waals surface area contributed by atoms with Gasteiger partial charge in [0.05, 0.1) is 15.6 Å². The van der Waals surface area contributed by atoms with Gasteiger partial charge in [0.15, 0.2) is 0 Å². The summed E-state index contributed by atoms with van der Waals surface area (Å²) in [5.74, 6) is 0.484. The molecule has 16 heavy (non-hydrogen) atoms. The van der Waals surface area contributed by atoms with E-state index in [9.17, 15) is 14.9 Å². The zero-order valence-corrected chi connectivity index (χ0v) is 10.7. The number of pyridine rings is 1. The average molecular weight is 305 g/mol. The second-order valence-electron chi connectivity index (χ2n) is 3.16. The molecule has 1 aromatic heterocycles. The van der Waals surface area contributed by atoms with Gasteiger partial charge in [-0.1, -0.05) is 6.58 Å². The molecule has 1 rings (SSSR count). The van der Waals surface area contributed by atoms with E-state index in [0.29, 0.717) is 12.3 Å². The van der Waals surface area contributed by atoms with Gasteiger partial charge in [0.2, 0.25) is 0 Å². The van der Waals surface area contributed by atoms with Crippen LogP contribution in [0, 0.1) is 10.1 Å². The molecule has 5 nitrogen and oxygen atoms in total. The first-order valence-corrected chi connectivity index (χ1v) is 5.69. The van der Waals surface area contributed by atoms with Gasteiger partial charge in [-0.15, -0.1) is 0 Å². The molecule has 1 aromatic rings. The molecule has 0 radical (unpaired) electrons. The summed E-state index contributed by atoms with van der Waals surface area (Å²) in [4.78, 5) is 21.3. The van der Waals surface area contributed by atoms with Crippen molar-refractivity contribution in [2.75, 3.05) is 5.75 Å². The summed E-state index contributed by atoms with van der Waals surface area (Å²) < 4.78 is 1.69. The van der Waals surface area contributed by atoms with E-state index < -0.39 is 16.0 Å². The Morgan fingerprint density at radius 1 is 1.62 bits per heavy atom. The molecule has 0 fully saturated rings. The predicted molar refractivity (Wildman–Crippen MR) is 68.0 cm³/mol. The van der Waals surface area contributed by atoms with E-state index in [-0.39, 0.29) is 4.47 Å². The molecule has 0 amide bonds. The molecule has 0 unspecified atom stereocenters. The molecule has 0 saturated heterocycles. The smallest absolute Gasteiger partial charge is 0.333 e. The third-order valence-corrected chi connectivity index (χ3v) is 2.86. The maximum absolute atomic E-state index is 11.4. The molecule has 0 atom stereocenters. The lowest BCUT2D eigenvalue weighted by Crippen LogP contribution is -2.13. The highest BCUT2D eigenvalue weighted by molar-refractivity contribution is 9.10. The topological polar surface area (TPSA) is 65.1 Å². The van der Waals surface area contributed by atoms with Crippen molar-refractivity contribution < 1.29 is 4.92 Å². The number of aromatic nitrogens is 1. The van der Waals surface area contributed by atoms with Crippen LogP contribution in [-0.2, 0) is 6.54 Å². The van der Waals surface area contributed by atoms with Crippen LogP contribution >= 0.6 is 28.6 Å². The molecule has 0 spiro atoms. The molecule has 0 saturated carbocycles. The first-order chi connectivity index (χ1) is 7.45. The summed E-state index contributed by atoms with van der Waals surface area (Å²) in [5, 5.41) is 10.6. The first-order valence-electron chi connectivity index (χ1n) is 4.27. The Kier molecular flexibility index (Phi) is 4.31. The number of halogens is 1. The van der Waals surface area contributed by atoms with Crippen LogP contribution in [0.4, 0.5) is 5.69 Å². The molecule has 0 aliphatic rings. The fourth-order valence-electron chi connectivity index (χ4n) is 1.11. The molecule has 86 valence electrons. The minimum atomic E-state index is -0.701. The van der Waals surface area contributed by atoms with Crippen molar-refractivity contribution in [3.8, 4) is 0 Å². The van der Waals surface area contributed by atoms with Gasteiger partial charge in [0, 0.05) is 18.5 Å². The molecule has 1 heterocycles. The fraction of sp³-hybridized carbons (Fsp3) is 0.222. The molecular weight excluding hydrogens is 296 g/mol. The van der Waals surface area contributed by atoms with E-state index in [1.54, 1.807) is 0 Å². The summed E-state index contributed by atoms with van der Waals surface area (Å²) in [7, 11) is 0. The third-order valence-electron chi connectivity index (χ3n) is 1.84.